The van der Waals surface area contributed by atoms with Crippen LogP contribution in [0.1, 0.15) is 31.4 Å². The number of likely N-dealkylation sites (tertiary alicyclic amines) is 1. The van der Waals surface area contributed by atoms with E-state index in [2.05, 4.69) is 15.4 Å². The number of halogens is 1. The van der Waals surface area contributed by atoms with Crippen molar-refractivity contribution >= 4 is 34.3 Å². The van der Waals surface area contributed by atoms with Gasteiger partial charge in [0.1, 0.15) is 17.3 Å². The molecule has 204 valence electrons. The molecule has 0 saturated carbocycles. The first-order chi connectivity index (χ1) is 18.5. The van der Waals surface area contributed by atoms with Crippen molar-refractivity contribution in [3.05, 3.63) is 71.7 Å². The Morgan fingerprint density at radius 3 is 2.64 bits per heavy atom. The third-order valence-corrected chi connectivity index (χ3v) is 7.62. The maximum atomic E-state index is 14.1. The van der Waals surface area contributed by atoms with Crippen LogP contribution in [0.4, 0.5) is 4.39 Å². The van der Waals surface area contributed by atoms with Crippen LogP contribution in [0.2, 0.25) is 0 Å². The fourth-order valence-electron chi connectivity index (χ4n) is 5.51. The molecule has 1 aromatic heterocycles. The highest BCUT2D eigenvalue weighted by molar-refractivity contribution is 6.13. The van der Waals surface area contributed by atoms with Crippen molar-refractivity contribution in [2.75, 3.05) is 20.1 Å². The lowest BCUT2D eigenvalue weighted by molar-refractivity contribution is -0.142. The summed E-state index contributed by atoms with van der Waals surface area (Å²) in [6, 6.07) is 12.9. The van der Waals surface area contributed by atoms with Crippen LogP contribution in [0.25, 0.3) is 10.9 Å². The van der Waals surface area contributed by atoms with Gasteiger partial charge in [-0.3, -0.25) is 14.4 Å². The molecule has 2 atom stereocenters. The lowest BCUT2D eigenvalue weighted by Gasteiger charge is -2.41. The normalized spacial score (nSPS) is 20.1. The fourth-order valence-corrected chi connectivity index (χ4v) is 5.51. The summed E-state index contributed by atoms with van der Waals surface area (Å²) in [5, 5.41) is 9.65. The van der Waals surface area contributed by atoms with Gasteiger partial charge in [0.15, 0.2) is 0 Å². The predicted molar refractivity (Wildman–Crippen MR) is 146 cm³/mol. The van der Waals surface area contributed by atoms with Gasteiger partial charge in [0, 0.05) is 50.1 Å². The van der Waals surface area contributed by atoms with Gasteiger partial charge in [0.2, 0.25) is 11.8 Å². The molecule has 0 spiro atoms. The maximum Gasteiger partial charge on any atom is 0.256 e. The van der Waals surface area contributed by atoms with Crippen LogP contribution in [0.5, 0.6) is 0 Å². The summed E-state index contributed by atoms with van der Waals surface area (Å²) in [7, 11) is 1.61. The topological polar surface area (TPSA) is 124 Å². The number of nitrogens with two attached hydrogens (primary N) is 1. The van der Waals surface area contributed by atoms with Crippen molar-refractivity contribution in [2.24, 2.45) is 16.3 Å². The fraction of sp³-hybridized carbons (Fsp3) is 0.379. The third kappa shape index (κ3) is 5.04. The number of carbonyl (C=O) groups excluding carboxylic acids is 3. The number of rotatable bonds is 7. The van der Waals surface area contributed by atoms with Crippen LogP contribution in [0.15, 0.2) is 59.8 Å². The van der Waals surface area contributed by atoms with Crippen molar-refractivity contribution in [1.82, 2.24) is 20.2 Å². The lowest BCUT2D eigenvalue weighted by atomic mass is 9.73. The van der Waals surface area contributed by atoms with Crippen LogP contribution in [-0.4, -0.2) is 70.0 Å². The predicted octanol–water partition coefficient (Wildman–Crippen LogP) is 2.36. The largest absolute Gasteiger partial charge is 0.361 e. The second kappa shape index (κ2) is 9.92. The molecule has 2 aliphatic heterocycles. The maximum absolute atomic E-state index is 14.1. The molecule has 10 heteroatoms. The number of amides is 3. The second-order valence-electron chi connectivity index (χ2n) is 11.1. The van der Waals surface area contributed by atoms with Crippen LogP contribution in [0.3, 0.4) is 0 Å². The summed E-state index contributed by atoms with van der Waals surface area (Å²) in [5.41, 5.74) is 7.12. The van der Waals surface area contributed by atoms with E-state index in [1.165, 1.54) is 17.1 Å². The summed E-state index contributed by atoms with van der Waals surface area (Å²) in [6.45, 7) is 3.64. The van der Waals surface area contributed by atoms with E-state index in [-0.39, 0.29) is 37.0 Å². The van der Waals surface area contributed by atoms with Crippen molar-refractivity contribution < 1.29 is 18.8 Å². The van der Waals surface area contributed by atoms with E-state index in [4.69, 9.17) is 5.73 Å². The SMILES string of the molecule is CN1N=C2CCN(C(=O)[C@@H](Cc3c[nH]c4ccccc34)NC(=O)C(C)(C)N)C[C@@]2(Cc2ccc(F)cc2)C1=O. The van der Waals surface area contributed by atoms with E-state index < -0.39 is 22.9 Å². The highest BCUT2D eigenvalue weighted by atomic mass is 19.1. The number of H-pyrrole nitrogens is 1. The number of carbonyl (C=O) groups is 3. The number of benzene rings is 2. The molecule has 1 saturated heterocycles. The molecule has 0 radical (unpaired) electrons. The van der Waals surface area contributed by atoms with Crippen LogP contribution in [0, 0.1) is 11.2 Å². The summed E-state index contributed by atoms with van der Waals surface area (Å²) in [5.74, 6) is -1.31. The number of hydrogen-bond donors (Lipinski definition) is 3. The Bertz CT molecular complexity index is 1460. The van der Waals surface area contributed by atoms with Crippen molar-refractivity contribution in [3.8, 4) is 0 Å². The van der Waals surface area contributed by atoms with Crippen molar-refractivity contribution in [3.63, 3.8) is 0 Å². The Morgan fingerprint density at radius 1 is 1.21 bits per heavy atom. The Hall–Kier alpha value is -4.05. The van der Waals surface area contributed by atoms with Crippen molar-refractivity contribution in [1.29, 1.82) is 0 Å². The molecule has 2 aliphatic rings. The highest BCUT2D eigenvalue weighted by Gasteiger charge is 2.54. The second-order valence-corrected chi connectivity index (χ2v) is 11.1. The van der Waals surface area contributed by atoms with Gasteiger partial charge in [-0.15, -0.1) is 0 Å². The molecule has 39 heavy (non-hydrogen) atoms. The smallest absolute Gasteiger partial charge is 0.256 e. The van der Waals surface area contributed by atoms with Crippen LogP contribution >= 0.6 is 0 Å². The van der Waals surface area contributed by atoms with E-state index in [1.807, 2.05) is 30.5 Å². The average Bonchev–Trinajstić information content (AvgIpc) is 3.42. The Labute approximate surface area is 226 Å². The molecule has 0 unspecified atom stereocenters. The minimum absolute atomic E-state index is 0.109. The standard InChI is InChI=1S/C29H33FN6O3/c1-28(2,31)26(38)33-23(14-19-16-32-22-7-5-4-6-21(19)22)25(37)36-13-12-24-29(17-36,27(39)35(3)34-24)15-18-8-10-20(30)11-9-18/h4-11,16,23,32H,12-15,17,31H2,1-3H3,(H,33,38)/t23-,29-/m1/s1. The minimum atomic E-state index is -1.19. The van der Waals surface area contributed by atoms with E-state index in [0.717, 1.165) is 22.0 Å². The number of hydrazone groups is 1. The molecule has 3 heterocycles. The minimum Gasteiger partial charge on any atom is -0.361 e. The zero-order chi connectivity index (χ0) is 27.9. The van der Waals surface area contributed by atoms with Gasteiger partial charge >= 0.3 is 0 Å². The van der Waals surface area contributed by atoms with Gasteiger partial charge in [-0.25, -0.2) is 9.40 Å². The Kier molecular flexibility index (Phi) is 6.76. The van der Waals surface area contributed by atoms with Crippen molar-refractivity contribution in [2.45, 2.75) is 44.7 Å². The first kappa shape index (κ1) is 26.6. The summed E-state index contributed by atoms with van der Waals surface area (Å²) in [6.07, 6.45) is 2.80. The molecule has 4 N–H and O–H groups in total. The molecule has 5 rings (SSSR count). The molecule has 1 fully saturated rings. The number of nitrogens with zero attached hydrogens (tertiary/aromatic N) is 3. The van der Waals surface area contributed by atoms with E-state index in [9.17, 15) is 18.8 Å². The number of fused-ring (bicyclic) bond motifs is 2. The van der Waals surface area contributed by atoms with Gasteiger partial charge in [0.25, 0.3) is 5.91 Å². The third-order valence-electron chi connectivity index (χ3n) is 7.62. The lowest BCUT2D eigenvalue weighted by Crippen LogP contribution is -2.61. The monoisotopic (exact) mass is 532 g/mol. The van der Waals surface area contributed by atoms with E-state index in [0.29, 0.717) is 18.7 Å². The number of para-hydroxylation sites is 1. The molecule has 3 amide bonds. The highest BCUT2D eigenvalue weighted by Crippen LogP contribution is 2.38. The molecule has 2 aromatic carbocycles. The molecule has 0 bridgehead atoms. The van der Waals surface area contributed by atoms with Gasteiger partial charge in [0.05, 0.1) is 11.3 Å². The summed E-state index contributed by atoms with van der Waals surface area (Å²) in [4.78, 5) is 45.4. The first-order valence-corrected chi connectivity index (χ1v) is 13.0. The number of nitrogens with one attached hydrogen (secondary N) is 2. The summed E-state index contributed by atoms with van der Waals surface area (Å²) >= 11 is 0. The van der Waals surface area contributed by atoms with Gasteiger partial charge in [-0.05, 0) is 49.6 Å². The first-order valence-electron chi connectivity index (χ1n) is 13.0. The number of piperidine rings is 1. The zero-order valence-corrected chi connectivity index (χ0v) is 22.3. The molecule has 9 nitrogen and oxygen atoms in total. The molecule has 3 aromatic rings. The number of hydrogen-bond acceptors (Lipinski definition) is 5. The molecular weight excluding hydrogens is 499 g/mol. The summed E-state index contributed by atoms with van der Waals surface area (Å²) < 4.78 is 13.6. The van der Waals surface area contributed by atoms with Gasteiger partial charge in [-0.2, -0.15) is 5.10 Å². The molecular formula is C29H33FN6O3. The Balaban J connectivity index is 1.45. The Morgan fingerprint density at radius 2 is 1.92 bits per heavy atom. The average molecular weight is 533 g/mol. The quantitative estimate of drug-likeness (QED) is 0.432. The van der Waals surface area contributed by atoms with Crippen LogP contribution in [-0.2, 0) is 27.2 Å². The zero-order valence-electron chi connectivity index (χ0n) is 22.3. The molecule has 0 aliphatic carbocycles. The number of aromatic amines is 1. The van der Waals surface area contributed by atoms with Gasteiger partial charge in [-0.1, -0.05) is 30.3 Å². The van der Waals surface area contributed by atoms with E-state index >= 15 is 0 Å². The van der Waals surface area contributed by atoms with Crippen LogP contribution < -0.4 is 11.1 Å². The van der Waals surface area contributed by atoms with Gasteiger partial charge < -0.3 is 20.9 Å². The van der Waals surface area contributed by atoms with E-state index in [1.54, 1.807) is 37.9 Å². The number of aromatic nitrogens is 1.